The summed E-state index contributed by atoms with van der Waals surface area (Å²) >= 11 is 0. The van der Waals surface area contributed by atoms with E-state index in [1.807, 2.05) is 28.0 Å². The summed E-state index contributed by atoms with van der Waals surface area (Å²) in [5, 5.41) is 0. The molecule has 1 saturated heterocycles. The van der Waals surface area contributed by atoms with E-state index in [1.165, 1.54) is 12.6 Å². The number of carbonyl (C=O) groups excluding carboxylic acids is 2. The summed E-state index contributed by atoms with van der Waals surface area (Å²) in [4.78, 5) is 28.9. The lowest BCUT2D eigenvalue weighted by atomic mass is 10.1. The fraction of sp³-hybridized carbons (Fsp3) is 0.417. The lowest BCUT2D eigenvalue weighted by Gasteiger charge is -2.35. The number of aryl methyl sites for hydroxylation is 2. The number of sulfonamides is 1. The molecule has 32 heavy (non-hydrogen) atoms. The lowest BCUT2D eigenvalue weighted by molar-refractivity contribution is -0.139. The summed E-state index contributed by atoms with van der Waals surface area (Å²) < 4.78 is 25.8. The summed E-state index contributed by atoms with van der Waals surface area (Å²) in [5.41, 5.74) is 2.16. The molecule has 3 rings (SSSR count). The quantitative estimate of drug-likeness (QED) is 0.626. The Morgan fingerprint density at radius 2 is 1.31 bits per heavy atom. The molecule has 1 fully saturated rings. The van der Waals surface area contributed by atoms with Gasteiger partial charge in [0.2, 0.25) is 21.8 Å². The van der Waals surface area contributed by atoms with Gasteiger partial charge in [-0.15, -0.1) is 0 Å². The van der Waals surface area contributed by atoms with Crippen LogP contribution in [0.4, 0.5) is 0 Å². The van der Waals surface area contributed by atoms with Crippen molar-refractivity contribution in [1.29, 1.82) is 0 Å². The van der Waals surface area contributed by atoms with Gasteiger partial charge >= 0.3 is 0 Å². The first-order valence-corrected chi connectivity index (χ1v) is 12.5. The van der Waals surface area contributed by atoms with E-state index in [0.29, 0.717) is 45.4 Å². The van der Waals surface area contributed by atoms with Gasteiger partial charge in [0, 0.05) is 39.0 Å². The Labute approximate surface area is 190 Å². The van der Waals surface area contributed by atoms with Crippen molar-refractivity contribution >= 4 is 21.8 Å². The van der Waals surface area contributed by atoms with Crippen LogP contribution in [0.25, 0.3) is 0 Å². The molecule has 2 aromatic rings. The van der Waals surface area contributed by atoms with Gasteiger partial charge in [0.05, 0.1) is 4.90 Å². The van der Waals surface area contributed by atoms with Crippen molar-refractivity contribution in [2.45, 2.75) is 37.0 Å². The lowest BCUT2D eigenvalue weighted by Crippen LogP contribution is -2.50. The molecule has 2 aromatic carbocycles. The van der Waals surface area contributed by atoms with Gasteiger partial charge in [0.15, 0.2) is 0 Å². The van der Waals surface area contributed by atoms with Crippen LogP contribution in [0.3, 0.4) is 0 Å². The van der Waals surface area contributed by atoms with Gasteiger partial charge < -0.3 is 9.80 Å². The number of nitrogens with zero attached hydrogens (tertiary/aromatic N) is 2. The van der Waals surface area contributed by atoms with Crippen molar-refractivity contribution in [2.75, 3.05) is 33.2 Å². The van der Waals surface area contributed by atoms with Crippen molar-refractivity contribution < 1.29 is 18.0 Å². The zero-order chi connectivity index (χ0) is 23.0. The van der Waals surface area contributed by atoms with Crippen LogP contribution in [0.2, 0.25) is 0 Å². The highest BCUT2D eigenvalue weighted by molar-refractivity contribution is 7.89. The molecular formula is C24H31N3O4S. The zero-order valence-electron chi connectivity index (χ0n) is 18.5. The maximum atomic E-state index is 12.6. The second-order valence-corrected chi connectivity index (χ2v) is 9.84. The summed E-state index contributed by atoms with van der Waals surface area (Å²) in [5.74, 6) is 0.220. The predicted molar refractivity (Wildman–Crippen MR) is 124 cm³/mol. The molecule has 0 aliphatic carbocycles. The molecular weight excluding hydrogens is 426 g/mol. The normalized spacial score (nSPS) is 14.4. The van der Waals surface area contributed by atoms with Crippen LogP contribution in [0.5, 0.6) is 0 Å². The number of carbonyl (C=O) groups is 2. The summed E-state index contributed by atoms with van der Waals surface area (Å²) in [6.07, 6.45) is 3.17. The van der Waals surface area contributed by atoms with E-state index in [-0.39, 0.29) is 16.7 Å². The Balaban J connectivity index is 1.38. The molecule has 0 radical (unpaired) electrons. The largest absolute Gasteiger partial charge is 0.339 e. The summed E-state index contributed by atoms with van der Waals surface area (Å²) in [6, 6.07) is 16.7. The molecule has 172 valence electrons. The van der Waals surface area contributed by atoms with Crippen LogP contribution in [0.15, 0.2) is 59.5 Å². The molecule has 8 heteroatoms. The van der Waals surface area contributed by atoms with E-state index in [2.05, 4.69) is 16.9 Å². The molecule has 0 spiro atoms. The minimum absolute atomic E-state index is 0.0631. The smallest absolute Gasteiger partial charge is 0.240 e. The Kier molecular flexibility index (Phi) is 8.41. The summed E-state index contributed by atoms with van der Waals surface area (Å²) in [7, 11) is -2.08. The van der Waals surface area contributed by atoms with E-state index >= 15 is 0 Å². The van der Waals surface area contributed by atoms with E-state index in [0.717, 1.165) is 18.4 Å². The van der Waals surface area contributed by atoms with Gasteiger partial charge in [-0.25, -0.2) is 13.1 Å². The van der Waals surface area contributed by atoms with Crippen LogP contribution in [-0.2, 0) is 32.5 Å². The van der Waals surface area contributed by atoms with E-state index in [9.17, 15) is 18.0 Å². The van der Waals surface area contributed by atoms with Gasteiger partial charge in [-0.2, -0.15) is 0 Å². The Morgan fingerprint density at radius 1 is 0.781 bits per heavy atom. The third kappa shape index (κ3) is 6.64. The van der Waals surface area contributed by atoms with E-state index in [4.69, 9.17) is 0 Å². The third-order valence-electron chi connectivity index (χ3n) is 5.81. The average Bonchev–Trinajstić information content (AvgIpc) is 2.83. The van der Waals surface area contributed by atoms with Crippen LogP contribution in [0, 0.1) is 0 Å². The standard InChI is InChI=1S/C24H31N3O4S/c1-25-32(30,31)22-13-10-21(11-14-22)12-15-24(29)27-18-16-26(17-19-27)23(28)9-5-8-20-6-3-2-4-7-20/h2-4,6-7,10-11,13-14,25H,5,8-9,12,15-19H2,1H3. The molecule has 0 bridgehead atoms. The highest BCUT2D eigenvalue weighted by Crippen LogP contribution is 2.13. The maximum absolute atomic E-state index is 12.6. The number of rotatable bonds is 9. The fourth-order valence-electron chi connectivity index (χ4n) is 3.81. The average molecular weight is 458 g/mol. The van der Waals surface area contributed by atoms with Crippen molar-refractivity contribution in [3.8, 4) is 0 Å². The first-order valence-electron chi connectivity index (χ1n) is 11.0. The highest BCUT2D eigenvalue weighted by atomic mass is 32.2. The number of benzene rings is 2. The zero-order valence-corrected chi connectivity index (χ0v) is 19.3. The maximum Gasteiger partial charge on any atom is 0.240 e. The Bertz CT molecular complexity index is 999. The number of amides is 2. The number of hydrogen-bond donors (Lipinski definition) is 1. The molecule has 1 aliphatic rings. The van der Waals surface area contributed by atoms with E-state index in [1.54, 1.807) is 24.3 Å². The van der Waals surface area contributed by atoms with E-state index < -0.39 is 10.0 Å². The minimum Gasteiger partial charge on any atom is -0.339 e. The minimum atomic E-state index is -3.45. The van der Waals surface area contributed by atoms with Gasteiger partial charge in [-0.05, 0) is 49.6 Å². The molecule has 1 heterocycles. The van der Waals surface area contributed by atoms with Crippen molar-refractivity contribution in [3.05, 3.63) is 65.7 Å². The number of hydrogen-bond acceptors (Lipinski definition) is 4. The Morgan fingerprint density at radius 3 is 1.88 bits per heavy atom. The third-order valence-corrected chi connectivity index (χ3v) is 7.24. The first-order chi connectivity index (χ1) is 15.4. The van der Waals surface area contributed by atoms with Gasteiger partial charge in [0.25, 0.3) is 0 Å². The van der Waals surface area contributed by atoms with Crippen molar-refractivity contribution in [1.82, 2.24) is 14.5 Å². The van der Waals surface area contributed by atoms with Gasteiger partial charge in [-0.1, -0.05) is 42.5 Å². The first kappa shape index (κ1) is 23.9. The molecule has 0 aromatic heterocycles. The second-order valence-electron chi connectivity index (χ2n) is 7.95. The molecule has 0 atom stereocenters. The molecule has 1 N–H and O–H groups in total. The van der Waals surface area contributed by atoms with Crippen LogP contribution in [0.1, 0.15) is 30.4 Å². The predicted octanol–water partition coefficient (Wildman–Crippen LogP) is 2.22. The number of piperazine rings is 1. The van der Waals surface area contributed by atoms with Crippen LogP contribution < -0.4 is 4.72 Å². The molecule has 0 unspecified atom stereocenters. The highest BCUT2D eigenvalue weighted by Gasteiger charge is 2.23. The van der Waals surface area contributed by atoms with Gasteiger partial charge in [0.1, 0.15) is 0 Å². The summed E-state index contributed by atoms with van der Waals surface area (Å²) in [6.45, 7) is 2.27. The van der Waals surface area contributed by atoms with Crippen LogP contribution in [-0.4, -0.2) is 63.3 Å². The molecule has 2 amide bonds. The fourth-order valence-corrected chi connectivity index (χ4v) is 4.54. The van der Waals surface area contributed by atoms with Crippen molar-refractivity contribution in [3.63, 3.8) is 0 Å². The topological polar surface area (TPSA) is 86.8 Å². The SMILES string of the molecule is CNS(=O)(=O)c1ccc(CCC(=O)N2CCN(C(=O)CCCc3ccccc3)CC2)cc1. The monoisotopic (exact) mass is 457 g/mol. The molecule has 0 saturated carbocycles. The van der Waals surface area contributed by atoms with Gasteiger partial charge in [-0.3, -0.25) is 9.59 Å². The molecule has 7 nitrogen and oxygen atoms in total. The molecule has 1 aliphatic heterocycles. The number of nitrogens with one attached hydrogen (secondary N) is 1. The Hall–Kier alpha value is -2.71. The second kappa shape index (κ2) is 11.2. The van der Waals surface area contributed by atoms with Crippen molar-refractivity contribution in [2.24, 2.45) is 0 Å². The van der Waals surface area contributed by atoms with Crippen LogP contribution >= 0.6 is 0 Å².